The summed E-state index contributed by atoms with van der Waals surface area (Å²) in [5.74, 6) is 0. The molecule has 0 aliphatic carbocycles. The second kappa shape index (κ2) is 8.17. The van der Waals surface area contributed by atoms with E-state index in [1.165, 1.54) is 0 Å². The molecule has 1 N–H and O–H groups in total. The summed E-state index contributed by atoms with van der Waals surface area (Å²) < 4.78 is 5.75. The Morgan fingerprint density at radius 1 is 1.58 bits per heavy atom. The minimum absolute atomic E-state index is 0.0689. The van der Waals surface area contributed by atoms with Crippen LogP contribution in [0.25, 0.3) is 0 Å². The minimum atomic E-state index is -0.306. The second-order valence-electron chi connectivity index (χ2n) is 3.56. The topological polar surface area (TPSA) is 29.5 Å². The van der Waals surface area contributed by atoms with Gasteiger partial charge in [-0.3, -0.25) is 0 Å². The minimum Gasteiger partial charge on any atom is -0.494 e. The number of thiocarbonyl (C=S) groups is 1. The van der Waals surface area contributed by atoms with Crippen molar-refractivity contribution in [1.29, 1.82) is 0 Å². The first-order chi connectivity index (χ1) is 5.15. The van der Waals surface area contributed by atoms with Crippen LogP contribution in [0.4, 0.5) is 0 Å². The number of ether oxygens (including phenoxy) is 1. The van der Waals surface area contributed by atoms with Crippen LogP contribution in [0.15, 0.2) is 0 Å². The van der Waals surface area contributed by atoms with Crippen LogP contribution in [0.3, 0.4) is 0 Å². The summed E-state index contributed by atoms with van der Waals surface area (Å²) in [6.07, 6.45) is 0. The van der Waals surface area contributed by atoms with Gasteiger partial charge in [-0.1, -0.05) is 12.6 Å². The van der Waals surface area contributed by atoms with Crippen molar-refractivity contribution in [3.63, 3.8) is 0 Å². The van der Waals surface area contributed by atoms with Crippen molar-refractivity contribution >= 4 is 78.2 Å². The molecular formula is C7H15KO2S2. The van der Waals surface area contributed by atoms with E-state index in [1.54, 1.807) is 0 Å². The predicted octanol–water partition coefficient (Wildman–Crippen LogP) is 2.08. The summed E-state index contributed by atoms with van der Waals surface area (Å²) in [5.41, 5.74) is 0.0689. The van der Waals surface area contributed by atoms with Crippen molar-refractivity contribution in [1.82, 2.24) is 0 Å². The van der Waals surface area contributed by atoms with Crippen molar-refractivity contribution in [3.8, 4) is 0 Å². The van der Waals surface area contributed by atoms with Gasteiger partial charge in [0.25, 0.3) is 0 Å². The van der Waals surface area contributed by atoms with Gasteiger partial charge in [-0.2, -0.15) is 0 Å². The van der Waals surface area contributed by atoms with Gasteiger partial charge >= 0.3 is 87.2 Å². The monoisotopic (exact) mass is 234 g/mol. The Hall–Kier alpha value is 1.84. The zero-order chi connectivity index (χ0) is 10.4. The van der Waals surface area contributed by atoms with Crippen LogP contribution < -0.4 is 0 Å². The molecule has 0 aromatic rings. The molecule has 0 aliphatic heterocycles. The quantitative estimate of drug-likeness (QED) is 0.413. The second-order valence-corrected chi connectivity index (χ2v) is 7.21. The fraction of sp³-hybridized carbons (Fsp3) is 0.857. The summed E-state index contributed by atoms with van der Waals surface area (Å²) in [7, 11) is 0. The molecule has 0 bridgehead atoms. The molecule has 0 fully saturated rings. The third kappa shape index (κ3) is 29.7. The molecule has 2 nitrogen and oxygen atoms in total. The molecule has 68 valence electrons. The third-order valence-corrected chi connectivity index (χ3v) is 0.957. The summed E-state index contributed by atoms with van der Waals surface area (Å²) in [5, 5.41) is 7.65. The van der Waals surface area contributed by atoms with E-state index in [4.69, 9.17) is 9.84 Å². The van der Waals surface area contributed by atoms with E-state index in [0.29, 0.717) is 0.199 Å². The van der Waals surface area contributed by atoms with Gasteiger partial charge in [-0.15, -0.1) is 0 Å². The van der Waals surface area contributed by atoms with Crippen molar-refractivity contribution in [2.75, 3.05) is 0 Å². The van der Waals surface area contributed by atoms with Gasteiger partial charge in [0.1, 0.15) is 0 Å². The van der Waals surface area contributed by atoms with E-state index in [9.17, 15) is 0 Å². The van der Waals surface area contributed by atoms with Gasteiger partial charge in [0, 0.05) is 0 Å². The van der Waals surface area contributed by atoms with E-state index >= 15 is 0 Å². The number of hydrogen-bond acceptors (Lipinski definition) is 2. The normalized spacial score (nSPS) is 12.9. The summed E-state index contributed by atoms with van der Waals surface area (Å²) in [6.45, 7) is 8.41. The summed E-state index contributed by atoms with van der Waals surface area (Å²) in [6, 6.07) is 0. The Morgan fingerprint density at radius 2 is 1.83 bits per heavy atom. The fourth-order valence-electron chi connectivity index (χ4n) is 0.707. The molecule has 0 aromatic heterocycles. The van der Waals surface area contributed by atoms with Crippen LogP contribution in [-0.4, -0.2) is 64.2 Å². The van der Waals surface area contributed by atoms with Gasteiger partial charge in [0.05, 0.1) is 0 Å². The van der Waals surface area contributed by atoms with E-state index in [2.05, 4.69) is 52.5 Å². The fourth-order valence-corrected chi connectivity index (χ4v) is 1.81. The van der Waals surface area contributed by atoms with Crippen LogP contribution in [0.5, 0.6) is 0 Å². The molecular weight excluding hydrogens is 219 g/mol. The largest absolute Gasteiger partial charge is 0.494 e. The molecule has 1 unspecified atom stereocenters. The smallest absolute Gasteiger partial charge is 0.214 e. The van der Waals surface area contributed by atoms with E-state index in [1.807, 2.05) is 0 Å². The van der Waals surface area contributed by atoms with Gasteiger partial charge in [-0.05, 0) is 12.2 Å². The zero-order valence-electron chi connectivity index (χ0n) is 8.29. The van der Waals surface area contributed by atoms with E-state index in [-0.39, 0.29) is 9.98 Å². The van der Waals surface area contributed by atoms with E-state index in [0.717, 1.165) is 49.0 Å². The maximum Gasteiger partial charge on any atom is 0.214 e. The molecule has 0 saturated carbocycles. The maximum atomic E-state index is 7.65. The average Bonchev–Trinajstić information content (AvgIpc) is 1.52. The van der Waals surface area contributed by atoms with Crippen molar-refractivity contribution in [2.24, 2.45) is 0 Å². The standard InChI is InChI=1S/C6H13O.CH2OS2.K/c1-5-7-6(2,3)4;2-1(3)4;/h5H,1-4H3;(H2,2,3,4);. The molecule has 12 heavy (non-hydrogen) atoms. The van der Waals surface area contributed by atoms with Crippen LogP contribution in [0.2, 0.25) is 0 Å². The number of rotatable bonds is 1. The first-order valence-electron chi connectivity index (χ1n) is 3.75. The van der Waals surface area contributed by atoms with Gasteiger partial charge in [0.2, 0.25) is 4.38 Å². The molecule has 0 rings (SSSR count). The Balaban J connectivity index is 0. The number of aliphatic hydroxyl groups is 1. The van der Waals surface area contributed by atoms with Crippen molar-refractivity contribution in [2.45, 2.75) is 33.5 Å². The molecule has 0 amide bonds. The predicted molar refractivity (Wildman–Crippen MR) is 60.3 cm³/mol. The molecule has 5 heteroatoms. The Morgan fingerprint density at radius 3 is 1.83 bits per heavy atom. The molecule has 0 aliphatic rings. The maximum absolute atomic E-state index is 7.65. The first kappa shape index (κ1) is 16.3. The summed E-state index contributed by atoms with van der Waals surface area (Å²) >= 11 is 8.02. The van der Waals surface area contributed by atoms with Gasteiger partial charge < -0.3 is 5.11 Å². The Labute approximate surface area is 119 Å². The van der Waals surface area contributed by atoms with Crippen LogP contribution in [0.1, 0.15) is 27.7 Å². The van der Waals surface area contributed by atoms with Crippen LogP contribution in [0, 0.1) is 0 Å². The van der Waals surface area contributed by atoms with Gasteiger partial charge in [0.15, 0.2) is 0 Å². The van der Waals surface area contributed by atoms with Crippen LogP contribution >= 0.6 is 24.8 Å². The molecule has 1 atom stereocenters. The van der Waals surface area contributed by atoms with Crippen LogP contribution in [-0.2, 0) is 4.74 Å². The molecule has 0 radical (unpaired) electrons. The number of hydrogen-bond donors (Lipinski definition) is 2. The van der Waals surface area contributed by atoms with E-state index < -0.39 is 0 Å². The summed E-state index contributed by atoms with van der Waals surface area (Å²) in [4.78, 5) is 0. The zero-order valence-corrected chi connectivity index (χ0v) is 13.1. The molecule has 0 aromatic carbocycles. The Kier molecular flexibility index (Phi) is 11.1. The molecule has 0 heterocycles. The number of aliphatic hydroxyl groups excluding tert-OH is 1. The van der Waals surface area contributed by atoms with Crippen molar-refractivity contribution < 1.29 is 9.84 Å². The molecule has 0 spiro atoms. The third-order valence-electron chi connectivity index (χ3n) is 0.589. The average molecular weight is 234 g/mol. The van der Waals surface area contributed by atoms with Crippen molar-refractivity contribution in [3.05, 3.63) is 0 Å². The van der Waals surface area contributed by atoms with Gasteiger partial charge in [-0.25, -0.2) is 0 Å². The molecule has 0 saturated heterocycles. The number of thiol groups is 1. The Bertz CT molecular complexity index is 128. The SMILES string of the molecule is C[CH]([K])OC(C)(C)C.OC(=S)S. The first-order valence-corrected chi connectivity index (χ1v) is 6.40.